The van der Waals surface area contributed by atoms with Crippen molar-refractivity contribution in [2.45, 2.75) is 52.4 Å². The average Bonchev–Trinajstić information content (AvgIpc) is 2.95. The van der Waals surface area contributed by atoms with E-state index in [2.05, 4.69) is 5.32 Å². The summed E-state index contributed by atoms with van der Waals surface area (Å²) in [6.45, 7) is 9.62. The van der Waals surface area contributed by atoms with Gasteiger partial charge in [-0.25, -0.2) is 9.18 Å². The van der Waals surface area contributed by atoms with Crippen molar-refractivity contribution in [2.24, 2.45) is 0 Å². The van der Waals surface area contributed by atoms with Crippen molar-refractivity contribution in [3.8, 4) is 0 Å². The van der Waals surface area contributed by atoms with Crippen molar-refractivity contribution in [1.82, 2.24) is 5.32 Å². The lowest BCUT2D eigenvalue weighted by molar-refractivity contribution is 0.00578. The third-order valence-electron chi connectivity index (χ3n) is 5.82. The van der Waals surface area contributed by atoms with Crippen LogP contribution in [0.1, 0.15) is 44.4 Å². The highest BCUT2D eigenvalue weighted by molar-refractivity contribution is 6.56. The predicted molar refractivity (Wildman–Crippen MR) is 125 cm³/mol. The molecule has 0 saturated carbocycles. The van der Waals surface area contributed by atoms with Gasteiger partial charge in [0.25, 0.3) is 0 Å². The summed E-state index contributed by atoms with van der Waals surface area (Å²) < 4.78 is 31.7. The Hall–Kier alpha value is -2.35. The van der Waals surface area contributed by atoms with Crippen molar-refractivity contribution >= 4 is 30.9 Å². The number of carbonyl (C=O) groups is 1. The molecule has 0 radical (unpaired) electrons. The lowest BCUT2D eigenvalue weighted by atomic mass is 9.77. The fourth-order valence-corrected chi connectivity index (χ4v) is 3.39. The molecule has 0 unspecified atom stereocenters. The quantitative estimate of drug-likeness (QED) is 0.561. The van der Waals surface area contributed by atoms with Crippen LogP contribution in [0, 0.1) is 12.7 Å². The minimum atomic E-state index is -0.741. The first kappa shape index (κ1) is 24.3. The number of alkyl carbamates (subject to hydrolysis) is 1. The molecule has 8 heteroatoms. The molecule has 1 amide bonds. The van der Waals surface area contributed by atoms with Crippen LogP contribution in [0.25, 0.3) is 6.08 Å². The van der Waals surface area contributed by atoms with Crippen LogP contribution in [-0.2, 0) is 20.7 Å². The van der Waals surface area contributed by atoms with E-state index in [4.69, 9.17) is 25.6 Å². The summed E-state index contributed by atoms with van der Waals surface area (Å²) in [5, 5.41) is 3.12. The van der Waals surface area contributed by atoms with Crippen molar-refractivity contribution in [1.29, 1.82) is 0 Å². The number of rotatable bonds is 6. The van der Waals surface area contributed by atoms with Crippen LogP contribution in [0.3, 0.4) is 0 Å². The number of hydrogen-bond donors (Lipinski definition) is 1. The summed E-state index contributed by atoms with van der Waals surface area (Å²) in [5.74, 6) is -0.371. The SMILES string of the molecule is Cc1cc(Cl)c(C=C(CNC(=O)OCc2ccccc2)B2OC(C)(C)C(C)(C)O2)cc1F. The average molecular weight is 460 g/mol. The second-order valence-corrected chi connectivity index (χ2v) is 9.25. The van der Waals surface area contributed by atoms with Crippen LogP contribution >= 0.6 is 11.6 Å². The molecule has 1 saturated heterocycles. The van der Waals surface area contributed by atoms with Crippen LogP contribution in [-0.4, -0.2) is 31.0 Å². The zero-order valence-corrected chi connectivity index (χ0v) is 19.8. The van der Waals surface area contributed by atoms with Gasteiger partial charge in [0.1, 0.15) is 12.4 Å². The van der Waals surface area contributed by atoms with E-state index in [0.29, 0.717) is 21.6 Å². The van der Waals surface area contributed by atoms with E-state index in [1.165, 1.54) is 6.07 Å². The summed E-state index contributed by atoms with van der Waals surface area (Å²) >= 11 is 6.34. The fraction of sp³-hybridized carbons (Fsp3) is 0.375. The Kier molecular flexibility index (Phi) is 7.33. The fourth-order valence-electron chi connectivity index (χ4n) is 3.12. The molecule has 0 spiro atoms. The van der Waals surface area contributed by atoms with E-state index in [-0.39, 0.29) is 19.0 Å². The van der Waals surface area contributed by atoms with Crippen LogP contribution in [0.15, 0.2) is 47.9 Å². The van der Waals surface area contributed by atoms with Crippen molar-refractivity contribution in [2.75, 3.05) is 6.54 Å². The zero-order chi connectivity index (χ0) is 23.5. The topological polar surface area (TPSA) is 56.8 Å². The zero-order valence-electron chi connectivity index (χ0n) is 19.0. The summed E-state index contributed by atoms with van der Waals surface area (Å²) in [5.41, 5.74) is 1.24. The second kappa shape index (κ2) is 9.65. The van der Waals surface area contributed by atoms with Gasteiger partial charge in [0.2, 0.25) is 0 Å². The van der Waals surface area contributed by atoms with Gasteiger partial charge in [-0.05, 0) is 68.9 Å². The van der Waals surface area contributed by atoms with E-state index in [0.717, 1.165) is 5.56 Å². The lowest BCUT2D eigenvalue weighted by Gasteiger charge is -2.32. The van der Waals surface area contributed by atoms with E-state index >= 15 is 0 Å². The smallest absolute Gasteiger partial charge is 0.445 e. The third kappa shape index (κ3) is 5.71. The Labute approximate surface area is 194 Å². The van der Waals surface area contributed by atoms with Gasteiger partial charge in [-0.3, -0.25) is 0 Å². The second-order valence-electron chi connectivity index (χ2n) is 8.85. The number of amides is 1. The molecule has 1 aliphatic rings. The summed E-state index contributed by atoms with van der Waals surface area (Å²) in [4.78, 5) is 12.3. The molecule has 2 aromatic rings. The predicted octanol–water partition coefficient (Wildman–Crippen LogP) is 5.73. The van der Waals surface area contributed by atoms with E-state index in [1.807, 2.05) is 58.0 Å². The highest BCUT2D eigenvalue weighted by atomic mass is 35.5. The van der Waals surface area contributed by atoms with Crippen molar-refractivity contribution < 1.29 is 23.2 Å². The molecule has 0 bridgehead atoms. The molecule has 170 valence electrons. The van der Waals surface area contributed by atoms with Crippen LogP contribution in [0.5, 0.6) is 0 Å². The van der Waals surface area contributed by atoms with Gasteiger partial charge in [0, 0.05) is 11.6 Å². The van der Waals surface area contributed by atoms with E-state index in [9.17, 15) is 9.18 Å². The number of hydrogen-bond acceptors (Lipinski definition) is 4. The molecule has 3 rings (SSSR count). The molecule has 0 aromatic heterocycles. The largest absolute Gasteiger partial charge is 0.492 e. The molecular formula is C24H28BClFNO4. The first-order valence-corrected chi connectivity index (χ1v) is 10.8. The van der Waals surface area contributed by atoms with E-state index in [1.54, 1.807) is 19.1 Å². The Morgan fingerprint density at radius 1 is 1.16 bits per heavy atom. The summed E-state index contributed by atoms with van der Waals surface area (Å²) in [6.07, 6.45) is 1.10. The molecule has 2 aromatic carbocycles. The van der Waals surface area contributed by atoms with Gasteiger partial charge < -0.3 is 19.4 Å². The number of benzene rings is 2. The standard InChI is InChI=1S/C24H28BClFNO4/c1-16-11-20(26)18(13-21(16)27)12-19(25-31-23(2,3)24(4,5)32-25)14-28-22(29)30-15-17-9-7-6-8-10-17/h6-13H,14-15H2,1-5H3,(H,28,29). The number of carbonyl (C=O) groups excluding carboxylic acids is 1. The Morgan fingerprint density at radius 2 is 1.78 bits per heavy atom. The van der Waals surface area contributed by atoms with Crippen molar-refractivity contribution in [3.63, 3.8) is 0 Å². The van der Waals surface area contributed by atoms with Gasteiger partial charge in [0.15, 0.2) is 0 Å². The number of nitrogens with one attached hydrogen (secondary N) is 1. The number of aryl methyl sites for hydroxylation is 1. The number of halogens is 2. The first-order chi connectivity index (χ1) is 15.0. The molecular weight excluding hydrogens is 432 g/mol. The van der Waals surface area contributed by atoms with Gasteiger partial charge in [-0.1, -0.05) is 48.0 Å². The maximum atomic E-state index is 14.2. The summed E-state index contributed by atoms with van der Waals surface area (Å²) in [7, 11) is -0.741. The van der Waals surface area contributed by atoms with Crippen LogP contribution in [0.4, 0.5) is 9.18 Å². The molecule has 1 aliphatic heterocycles. The monoisotopic (exact) mass is 459 g/mol. The lowest BCUT2D eigenvalue weighted by Crippen LogP contribution is -2.41. The minimum Gasteiger partial charge on any atom is -0.445 e. The molecule has 5 nitrogen and oxygen atoms in total. The normalized spacial score (nSPS) is 17.3. The minimum absolute atomic E-state index is 0.0796. The summed E-state index contributed by atoms with van der Waals surface area (Å²) in [6, 6.07) is 12.3. The van der Waals surface area contributed by atoms with E-state index < -0.39 is 24.4 Å². The van der Waals surface area contributed by atoms with Crippen molar-refractivity contribution in [3.05, 3.63) is 75.5 Å². The highest BCUT2D eigenvalue weighted by Gasteiger charge is 2.52. The maximum Gasteiger partial charge on any atom is 0.492 e. The molecule has 0 atom stereocenters. The Balaban J connectivity index is 1.78. The first-order valence-electron chi connectivity index (χ1n) is 10.4. The highest BCUT2D eigenvalue weighted by Crippen LogP contribution is 2.39. The molecule has 32 heavy (non-hydrogen) atoms. The number of ether oxygens (including phenoxy) is 1. The molecule has 1 heterocycles. The molecule has 1 N–H and O–H groups in total. The van der Waals surface area contributed by atoms with Gasteiger partial charge in [-0.15, -0.1) is 0 Å². The van der Waals surface area contributed by atoms with Gasteiger partial charge in [0.05, 0.1) is 11.2 Å². The maximum absolute atomic E-state index is 14.2. The third-order valence-corrected chi connectivity index (χ3v) is 6.15. The van der Waals surface area contributed by atoms with Crippen LogP contribution < -0.4 is 5.32 Å². The van der Waals surface area contributed by atoms with Gasteiger partial charge >= 0.3 is 13.2 Å². The Bertz CT molecular complexity index is 995. The Morgan fingerprint density at radius 3 is 2.41 bits per heavy atom. The molecule has 1 fully saturated rings. The van der Waals surface area contributed by atoms with Crippen LogP contribution in [0.2, 0.25) is 5.02 Å². The van der Waals surface area contributed by atoms with Gasteiger partial charge in [-0.2, -0.15) is 0 Å². The molecule has 0 aliphatic carbocycles.